The van der Waals surface area contributed by atoms with Gasteiger partial charge in [0, 0.05) is 0 Å². The van der Waals surface area contributed by atoms with Crippen molar-refractivity contribution in [2.24, 2.45) is 0 Å². The molecule has 1 aliphatic rings. The fourth-order valence-corrected chi connectivity index (χ4v) is 2.99. The van der Waals surface area contributed by atoms with Gasteiger partial charge in [0.25, 0.3) is 0 Å². The molecule has 1 fully saturated rings. The largest absolute Gasteiger partial charge is 0.464 e. The predicted molar refractivity (Wildman–Crippen MR) is 73.8 cm³/mol. The van der Waals surface area contributed by atoms with E-state index < -0.39 is 11.2 Å². The molecule has 19 heavy (non-hydrogen) atoms. The van der Waals surface area contributed by atoms with Gasteiger partial charge in [-0.3, -0.25) is 0 Å². The van der Waals surface area contributed by atoms with Gasteiger partial charge in [-0.25, -0.2) is 4.79 Å². The number of benzene rings is 1. The first-order chi connectivity index (χ1) is 9.16. The summed E-state index contributed by atoms with van der Waals surface area (Å²) in [5.74, 6) is -0.220. The van der Waals surface area contributed by atoms with Gasteiger partial charge >= 0.3 is 5.97 Å². The minimum absolute atomic E-state index is 0.220. The molecule has 0 radical (unpaired) electrons. The second-order valence-corrected chi connectivity index (χ2v) is 4.95. The Kier molecular flexibility index (Phi) is 3.95. The summed E-state index contributed by atoms with van der Waals surface area (Å²) < 4.78 is 11.2. The van der Waals surface area contributed by atoms with E-state index in [1.54, 1.807) is 0 Å². The zero-order chi connectivity index (χ0) is 13.9. The Labute approximate surface area is 114 Å². The molecule has 0 spiro atoms. The van der Waals surface area contributed by atoms with Crippen LogP contribution in [0.2, 0.25) is 0 Å². The molecular weight excluding hydrogens is 240 g/mol. The summed E-state index contributed by atoms with van der Waals surface area (Å²) in [7, 11) is 0. The molecule has 1 aliphatic heterocycles. The molecule has 2 unspecified atom stereocenters. The smallest absolute Gasteiger partial charge is 0.341 e. The molecule has 2 rings (SSSR count). The van der Waals surface area contributed by atoms with Crippen LogP contribution in [0.3, 0.4) is 0 Å². The Morgan fingerprint density at radius 1 is 1.21 bits per heavy atom. The van der Waals surface area contributed by atoms with E-state index in [9.17, 15) is 4.79 Å². The monoisotopic (exact) mass is 262 g/mol. The third-order valence-corrected chi connectivity index (χ3v) is 3.90. The molecule has 1 aromatic carbocycles. The molecule has 3 nitrogen and oxygen atoms in total. The minimum Gasteiger partial charge on any atom is -0.464 e. The van der Waals surface area contributed by atoms with Crippen molar-refractivity contribution in [2.45, 2.75) is 51.2 Å². The second-order valence-electron chi connectivity index (χ2n) is 4.95. The number of hydrogen-bond acceptors (Lipinski definition) is 3. The molecule has 0 saturated carbocycles. The number of esters is 1. The predicted octanol–water partition coefficient (Wildman–Crippen LogP) is 3.42. The maximum Gasteiger partial charge on any atom is 0.341 e. The van der Waals surface area contributed by atoms with E-state index in [2.05, 4.69) is 13.8 Å². The zero-order valence-electron chi connectivity index (χ0n) is 11.9. The van der Waals surface area contributed by atoms with Gasteiger partial charge in [0.05, 0.1) is 6.61 Å². The van der Waals surface area contributed by atoms with Crippen LogP contribution < -0.4 is 0 Å². The first kappa shape index (κ1) is 14.1. The van der Waals surface area contributed by atoms with E-state index in [0.717, 1.165) is 18.4 Å². The van der Waals surface area contributed by atoms with E-state index >= 15 is 0 Å². The van der Waals surface area contributed by atoms with E-state index in [1.165, 1.54) is 0 Å². The lowest BCUT2D eigenvalue weighted by Crippen LogP contribution is -2.34. The first-order valence-corrected chi connectivity index (χ1v) is 7.09. The van der Waals surface area contributed by atoms with Gasteiger partial charge in [-0.15, -0.1) is 0 Å². The highest BCUT2D eigenvalue weighted by molar-refractivity contribution is 5.85. The fourth-order valence-electron chi connectivity index (χ4n) is 2.99. The molecule has 0 amide bonds. The van der Waals surface area contributed by atoms with E-state index in [0.29, 0.717) is 13.0 Å². The van der Waals surface area contributed by atoms with E-state index in [1.807, 2.05) is 37.3 Å². The summed E-state index contributed by atoms with van der Waals surface area (Å²) in [6.07, 6.45) is 2.37. The van der Waals surface area contributed by atoms with Crippen LogP contribution in [0.25, 0.3) is 0 Å². The minimum atomic E-state index is -0.784. The van der Waals surface area contributed by atoms with Crippen molar-refractivity contribution in [3.05, 3.63) is 35.9 Å². The quantitative estimate of drug-likeness (QED) is 0.582. The van der Waals surface area contributed by atoms with Crippen LogP contribution in [-0.4, -0.2) is 18.2 Å². The standard InChI is InChI=1S/C16H22O3/c1-4-12-16(14(17)18-6-3)15(5-2,19-16)13-10-8-7-9-11-13/h7-11H,4-6,12H2,1-3H3. The molecule has 0 bridgehead atoms. The lowest BCUT2D eigenvalue weighted by Gasteiger charge is -2.17. The van der Waals surface area contributed by atoms with Crippen LogP contribution in [0.1, 0.15) is 45.6 Å². The number of epoxide rings is 1. The average molecular weight is 262 g/mol. The van der Waals surface area contributed by atoms with Crippen molar-refractivity contribution < 1.29 is 14.3 Å². The zero-order valence-corrected chi connectivity index (χ0v) is 11.9. The number of hydrogen-bond donors (Lipinski definition) is 0. The third-order valence-electron chi connectivity index (χ3n) is 3.90. The Bertz CT molecular complexity index is 443. The molecule has 1 heterocycles. The van der Waals surface area contributed by atoms with Crippen LogP contribution in [0.4, 0.5) is 0 Å². The first-order valence-electron chi connectivity index (χ1n) is 7.09. The Morgan fingerprint density at radius 3 is 2.42 bits per heavy atom. The average Bonchev–Trinajstić information content (AvgIpc) is 3.11. The molecule has 0 aromatic heterocycles. The highest BCUT2D eigenvalue weighted by Gasteiger charge is 2.74. The normalized spacial score (nSPS) is 29.0. The summed E-state index contributed by atoms with van der Waals surface area (Å²) in [5.41, 5.74) is -0.219. The van der Waals surface area contributed by atoms with Crippen LogP contribution in [0, 0.1) is 0 Å². The van der Waals surface area contributed by atoms with Crippen molar-refractivity contribution in [1.29, 1.82) is 0 Å². The lowest BCUT2D eigenvalue weighted by molar-refractivity contribution is -0.149. The Balaban J connectivity index is 2.35. The molecule has 0 N–H and O–H groups in total. The van der Waals surface area contributed by atoms with Crippen molar-refractivity contribution in [1.82, 2.24) is 0 Å². The molecule has 2 atom stereocenters. The molecule has 3 heteroatoms. The van der Waals surface area contributed by atoms with Crippen molar-refractivity contribution >= 4 is 5.97 Å². The van der Waals surface area contributed by atoms with Gasteiger partial charge in [0.2, 0.25) is 0 Å². The summed E-state index contributed by atoms with van der Waals surface area (Å²) in [6, 6.07) is 9.99. The van der Waals surface area contributed by atoms with Crippen LogP contribution >= 0.6 is 0 Å². The maximum absolute atomic E-state index is 12.3. The molecule has 0 aliphatic carbocycles. The van der Waals surface area contributed by atoms with Crippen LogP contribution in [-0.2, 0) is 19.9 Å². The lowest BCUT2D eigenvalue weighted by atomic mass is 9.81. The van der Waals surface area contributed by atoms with Crippen LogP contribution in [0.5, 0.6) is 0 Å². The van der Waals surface area contributed by atoms with Gasteiger partial charge in [-0.1, -0.05) is 50.6 Å². The second kappa shape index (κ2) is 5.33. The van der Waals surface area contributed by atoms with Gasteiger partial charge in [-0.2, -0.15) is 0 Å². The molecule has 1 saturated heterocycles. The third kappa shape index (κ3) is 2.06. The number of carbonyl (C=O) groups excluding carboxylic acids is 1. The summed E-state index contributed by atoms with van der Waals surface area (Å²) in [4.78, 5) is 12.3. The Hall–Kier alpha value is -1.35. The van der Waals surface area contributed by atoms with Gasteiger partial charge < -0.3 is 9.47 Å². The molecule has 104 valence electrons. The van der Waals surface area contributed by atoms with Gasteiger partial charge in [0.15, 0.2) is 5.60 Å². The molecular formula is C16H22O3. The summed E-state index contributed by atoms with van der Waals surface area (Å²) >= 11 is 0. The van der Waals surface area contributed by atoms with Crippen molar-refractivity contribution in [3.8, 4) is 0 Å². The maximum atomic E-state index is 12.3. The number of ether oxygens (including phenoxy) is 2. The summed E-state index contributed by atoms with van der Waals surface area (Å²) in [5, 5.41) is 0. The molecule has 1 aromatic rings. The SMILES string of the molecule is CCCC1(C(=O)OCC)OC1(CC)c1ccccc1. The Morgan fingerprint density at radius 2 is 1.89 bits per heavy atom. The van der Waals surface area contributed by atoms with Crippen LogP contribution in [0.15, 0.2) is 30.3 Å². The van der Waals surface area contributed by atoms with Crippen molar-refractivity contribution in [3.63, 3.8) is 0 Å². The van der Waals surface area contributed by atoms with E-state index in [-0.39, 0.29) is 5.97 Å². The van der Waals surface area contributed by atoms with Crippen molar-refractivity contribution in [2.75, 3.05) is 6.61 Å². The highest BCUT2D eigenvalue weighted by atomic mass is 16.7. The fraction of sp³-hybridized carbons (Fsp3) is 0.562. The topological polar surface area (TPSA) is 38.8 Å². The number of rotatable bonds is 6. The van der Waals surface area contributed by atoms with E-state index in [4.69, 9.17) is 9.47 Å². The van der Waals surface area contributed by atoms with Gasteiger partial charge in [-0.05, 0) is 25.3 Å². The number of carbonyl (C=O) groups is 1. The van der Waals surface area contributed by atoms with Gasteiger partial charge in [0.1, 0.15) is 5.60 Å². The summed E-state index contributed by atoms with van der Waals surface area (Å²) in [6.45, 7) is 6.34. The highest BCUT2D eigenvalue weighted by Crippen LogP contribution is 2.60.